The molecule has 0 aromatic carbocycles. The van der Waals surface area contributed by atoms with Crippen molar-refractivity contribution in [1.29, 1.82) is 0 Å². The van der Waals surface area contributed by atoms with Gasteiger partial charge in [-0.15, -0.1) is 0 Å². The lowest BCUT2D eigenvalue weighted by Crippen LogP contribution is -2.31. The van der Waals surface area contributed by atoms with Crippen LogP contribution in [0.4, 0.5) is 0 Å². The number of esters is 1. The van der Waals surface area contributed by atoms with Crippen molar-refractivity contribution in [2.45, 2.75) is 64.0 Å². The quantitative estimate of drug-likeness (QED) is 0.733. The molecule has 0 heterocycles. The van der Waals surface area contributed by atoms with Crippen LogP contribution < -0.4 is 5.73 Å². The van der Waals surface area contributed by atoms with Gasteiger partial charge < -0.3 is 10.5 Å². The van der Waals surface area contributed by atoms with E-state index < -0.39 is 0 Å². The maximum Gasteiger partial charge on any atom is 0.309 e. The molecule has 0 aliphatic heterocycles. The summed E-state index contributed by atoms with van der Waals surface area (Å²) < 4.78 is 5.64. The summed E-state index contributed by atoms with van der Waals surface area (Å²) in [5.41, 5.74) is 5.82. The Bertz CT molecular complexity index is 254. The van der Waals surface area contributed by atoms with E-state index in [1.54, 1.807) is 0 Å². The minimum Gasteiger partial charge on any atom is -0.462 e. The third kappa shape index (κ3) is 2.76. The molecule has 0 saturated heterocycles. The third-order valence-corrected chi connectivity index (χ3v) is 4.11. The van der Waals surface area contributed by atoms with Gasteiger partial charge in [0.2, 0.25) is 0 Å². The van der Waals surface area contributed by atoms with E-state index in [9.17, 15) is 4.79 Å². The highest BCUT2D eigenvalue weighted by Gasteiger charge is 2.32. The molecule has 0 bridgehead atoms. The molecule has 16 heavy (non-hydrogen) atoms. The predicted octanol–water partition coefficient (Wildman–Crippen LogP) is 2.24. The molecule has 0 amide bonds. The van der Waals surface area contributed by atoms with E-state index in [0.29, 0.717) is 5.92 Å². The second-order valence-corrected chi connectivity index (χ2v) is 5.51. The summed E-state index contributed by atoms with van der Waals surface area (Å²) in [6.45, 7) is 2.19. The molecular formula is C13H23NO2. The number of nitrogens with two attached hydrogens (primary N) is 1. The van der Waals surface area contributed by atoms with Gasteiger partial charge in [0.15, 0.2) is 0 Å². The van der Waals surface area contributed by atoms with Gasteiger partial charge in [0, 0.05) is 6.04 Å². The van der Waals surface area contributed by atoms with Gasteiger partial charge in [-0.1, -0.05) is 13.3 Å². The molecule has 3 nitrogen and oxygen atoms in total. The van der Waals surface area contributed by atoms with E-state index in [-0.39, 0.29) is 24.0 Å². The fraction of sp³-hybridized carbons (Fsp3) is 0.923. The lowest BCUT2D eigenvalue weighted by Gasteiger charge is -2.29. The molecule has 4 atom stereocenters. The average Bonchev–Trinajstić information content (AvgIpc) is 2.68. The highest BCUT2D eigenvalue weighted by Crippen LogP contribution is 2.30. The van der Waals surface area contributed by atoms with Gasteiger partial charge in [0.1, 0.15) is 6.10 Å². The van der Waals surface area contributed by atoms with Crippen LogP contribution in [0.5, 0.6) is 0 Å². The molecule has 92 valence electrons. The first-order valence-corrected chi connectivity index (χ1v) is 6.63. The lowest BCUT2D eigenvalue weighted by atomic mass is 9.88. The van der Waals surface area contributed by atoms with Gasteiger partial charge in [0.25, 0.3) is 0 Å². The zero-order chi connectivity index (χ0) is 11.5. The minimum atomic E-state index is 0.00620. The molecule has 3 heteroatoms. The summed E-state index contributed by atoms with van der Waals surface area (Å²) >= 11 is 0. The second kappa shape index (κ2) is 5.17. The van der Waals surface area contributed by atoms with Crippen molar-refractivity contribution in [3.8, 4) is 0 Å². The molecule has 2 aliphatic rings. The Morgan fingerprint density at radius 2 is 1.94 bits per heavy atom. The highest BCUT2D eigenvalue weighted by atomic mass is 16.5. The molecule has 0 aromatic heterocycles. The summed E-state index contributed by atoms with van der Waals surface area (Å²) in [7, 11) is 0. The van der Waals surface area contributed by atoms with Crippen LogP contribution in [-0.2, 0) is 9.53 Å². The van der Waals surface area contributed by atoms with Crippen LogP contribution in [0, 0.1) is 11.8 Å². The second-order valence-electron chi connectivity index (χ2n) is 5.51. The molecule has 2 fully saturated rings. The highest BCUT2D eigenvalue weighted by molar-refractivity contribution is 5.73. The van der Waals surface area contributed by atoms with Crippen LogP contribution in [0.2, 0.25) is 0 Å². The Kier molecular flexibility index (Phi) is 3.85. The van der Waals surface area contributed by atoms with Gasteiger partial charge in [-0.05, 0) is 44.4 Å². The van der Waals surface area contributed by atoms with Gasteiger partial charge in [-0.3, -0.25) is 4.79 Å². The molecule has 2 aliphatic carbocycles. The fourth-order valence-corrected chi connectivity index (χ4v) is 2.93. The molecule has 0 spiro atoms. The SMILES string of the molecule is CC1CCCCC1OC(=O)[C@@H]1CC[C@H](N)C1. The topological polar surface area (TPSA) is 52.3 Å². The third-order valence-electron chi connectivity index (χ3n) is 4.11. The monoisotopic (exact) mass is 225 g/mol. The number of carbonyl (C=O) groups excluding carboxylic acids is 1. The lowest BCUT2D eigenvalue weighted by molar-refractivity contribution is -0.158. The van der Waals surface area contributed by atoms with Crippen molar-refractivity contribution in [3.05, 3.63) is 0 Å². The number of hydrogen-bond acceptors (Lipinski definition) is 3. The molecule has 0 aromatic rings. The van der Waals surface area contributed by atoms with Crippen LogP contribution >= 0.6 is 0 Å². The first-order valence-electron chi connectivity index (χ1n) is 6.63. The van der Waals surface area contributed by atoms with E-state index in [2.05, 4.69) is 6.92 Å². The summed E-state index contributed by atoms with van der Waals surface area (Å²) in [6.07, 6.45) is 7.60. The standard InChI is InChI=1S/C13H23NO2/c1-9-4-2-3-5-12(9)16-13(15)10-6-7-11(14)8-10/h9-12H,2-8,14H2,1H3/t9?,10-,11+,12?/m1/s1. The summed E-state index contributed by atoms with van der Waals surface area (Å²) in [5, 5.41) is 0. The largest absolute Gasteiger partial charge is 0.462 e. The van der Waals surface area contributed by atoms with Crippen LogP contribution in [0.15, 0.2) is 0 Å². The Labute approximate surface area is 97.7 Å². The zero-order valence-corrected chi connectivity index (χ0v) is 10.2. The van der Waals surface area contributed by atoms with E-state index in [1.165, 1.54) is 19.3 Å². The van der Waals surface area contributed by atoms with Crippen molar-refractivity contribution < 1.29 is 9.53 Å². The molecule has 2 N–H and O–H groups in total. The Hall–Kier alpha value is -0.570. The van der Waals surface area contributed by atoms with Gasteiger partial charge >= 0.3 is 5.97 Å². The van der Waals surface area contributed by atoms with Crippen LogP contribution in [0.3, 0.4) is 0 Å². The maximum atomic E-state index is 11.9. The molecule has 2 saturated carbocycles. The average molecular weight is 225 g/mol. The number of hydrogen-bond donors (Lipinski definition) is 1. The Morgan fingerprint density at radius 1 is 1.19 bits per heavy atom. The fourth-order valence-electron chi connectivity index (χ4n) is 2.93. The maximum absolute atomic E-state index is 11.9. The van der Waals surface area contributed by atoms with E-state index in [0.717, 1.165) is 25.7 Å². The van der Waals surface area contributed by atoms with Gasteiger partial charge in [-0.25, -0.2) is 0 Å². The summed E-state index contributed by atoms with van der Waals surface area (Å²) in [6, 6.07) is 0.210. The van der Waals surface area contributed by atoms with E-state index >= 15 is 0 Å². The Balaban J connectivity index is 1.82. The number of ether oxygens (including phenoxy) is 1. The van der Waals surface area contributed by atoms with Crippen LogP contribution in [0.1, 0.15) is 51.9 Å². The number of rotatable bonds is 2. The van der Waals surface area contributed by atoms with Crippen molar-refractivity contribution in [2.75, 3.05) is 0 Å². The van der Waals surface area contributed by atoms with E-state index in [1.807, 2.05) is 0 Å². The van der Waals surface area contributed by atoms with Gasteiger partial charge in [0.05, 0.1) is 5.92 Å². The molecule has 2 rings (SSSR count). The van der Waals surface area contributed by atoms with Gasteiger partial charge in [-0.2, -0.15) is 0 Å². The Morgan fingerprint density at radius 3 is 2.56 bits per heavy atom. The smallest absolute Gasteiger partial charge is 0.309 e. The van der Waals surface area contributed by atoms with Crippen LogP contribution in [-0.4, -0.2) is 18.1 Å². The summed E-state index contributed by atoms with van der Waals surface area (Å²) in [4.78, 5) is 11.9. The summed E-state index contributed by atoms with van der Waals surface area (Å²) in [5.74, 6) is 0.614. The van der Waals surface area contributed by atoms with Crippen molar-refractivity contribution in [2.24, 2.45) is 17.6 Å². The van der Waals surface area contributed by atoms with E-state index in [4.69, 9.17) is 10.5 Å². The molecular weight excluding hydrogens is 202 g/mol. The first-order chi connectivity index (χ1) is 7.66. The first kappa shape index (κ1) is 11.9. The minimum absolute atomic E-state index is 0.00620. The molecule has 2 unspecified atom stereocenters. The van der Waals surface area contributed by atoms with Crippen molar-refractivity contribution >= 4 is 5.97 Å². The van der Waals surface area contributed by atoms with Crippen molar-refractivity contribution in [3.63, 3.8) is 0 Å². The van der Waals surface area contributed by atoms with Crippen LogP contribution in [0.25, 0.3) is 0 Å². The predicted molar refractivity (Wildman–Crippen MR) is 62.8 cm³/mol. The zero-order valence-electron chi connectivity index (χ0n) is 10.2. The molecule has 0 radical (unpaired) electrons. The number of carbonyl (C=O) groups is 1. The normalized spacial score (nSPS) is 39.6. The van der Waals surface area contributed by atoms with Crippen molar-refractivity contribution in [1.82, 2.24) is 0 Å².